The molecule has 1 amide bonds. The summed E-state index contributed by atoms with van der Waals surface area (Å²) >= 11 is 0. The number of aryl methyl sites for hydroxylation is 1. The SMILES string of the molecule is Cc1nc2ccccc2n1CCNC(=O)CC(C)C. The second-order valence-corrected chi connectivity index (χ2v) is 5.25. The van der Waals surface area contributed by atoms with Gasteiger partial charge in [-0.05, 0) is 25.0 Å². The van der Waals surface area contributed by atoms with Crippen molar-refractivity contribution in [1.29, 1.82) is 0 Å². The Kier molecular flexibility index (Phi) is 4.20. The van der Waals surface area contributed by atoms with Crippen molar-refractivity contribution >= 4 is 16.9 Å². The van der Waals surface area contributed by atoms with E-state index in [0.29, 0.717) is 18.9 Å². The molecule has 4 nitrogen and oxygen atoms in total. The van der Waals surface area contributed by atoms with Crippen LogP contribution in [-0.4, -0.2) is 22.0 Å². The van der Waals surface area contributed by atoms with E-state index < -0.39 is 0 Å². The fourth-order valence-corrected chi connectivity index (χ4v) is 2.23. The van der Waals surface area contributed by atoms with Crippen LogP contribution < -0.4 is 5.32 Å². The molecule has 0 aliphatic rings. The van der Waals surface area contributed by atoms with E-state index in [0.717, 1.165) is 23.4 Å². The number of imidazole rings is 1. The molecule has 0 saturated carbocycles. The van der Waals surface area contributed by atoms with Crippen molar-refractivity contribution in [2.45, 2.75) is 33.7 Å². The van der Waals surface area contributed by atoms with Crippen molar-refractivity contribution in [1.82, 2.24) is 14.9 Å². The maximum Gasteiger partial charge on any atom is 0.220 e. The van der Waals surface area contributed by atoms with Crippen molar-refractivity contribution in [3.63, 3.8) is 0 Å². The van der Waals surface area contributed by atoms with Gasteiger partial charge in [-0.15, -0.1) is 0 Å². The Labute approximate surface area is 113 Å². The first kappa shape index (κ1) is 13.6. The molecule has 0 atom stereocenters. The second-order valence-electron chi connectivity index (χ2n) is 5.25. The Morgan fingerprint density at radius 2 is 2.11 bits per heavy atom. The molecule has 19 heavy (non-hydrogen) atoms. The van der Waals surface area contributed by atoms with Gasteiger partial charge in [0.05, 0.1) is 11.0 Å². The zero-order chi connectivity index (χ0) is 13.8. The molecule has 0 saturated heterocycles. The van der Waals surface area contributed by atoms with E-state index in [1.165, 1.54) is 0 Å². The topological polar surface area (TPSA) is 46.9 Å². The van der Waals surface area contributed by atoms with Gasteiger partial charge in [0.25, 0.3) is 0 Å². The molecule has 1 aromatic heterocycles. The molecule has 0 aliphatic heterocycles. The van der Waals surface area contributed by atoms with Crippen LogP contribution in [0.5, 0.6) is 0 Å². The molecule has 1 N–H and O–H groups in total. The number of aromatic nitrogens is 2. The van der Waals surface area contributed by atoms with Crippen LogP contribution >= 0.6 is 0 Å². The number of rotatable bonds is 5. The van der Waals surface area contributed by atoms with E-state index in [4.69, 9.17) is 0 Å². The largest absolute Gasteiger partial charge is 0.354 e. The highest BCUT2D eigenvalue weighted by atomic mass is 16.1. The number of fused-ring (bicyclic) bond motifs is 1. The van der Waals surface area contributed by atoms with Gasteiger partial charge in [0.1, 0.15) is 5.82 Å². The first-order chi connectivity index (χ1) is 9.08. The lowest BCUT2D eigenvalue weighted by Crippen LogP contribution is -2.28. The number of nitrogens with zero attached hydrogens (tertiary/aromatic N) is 2. The third kappa shape index (κ3) is 3.34. The maximum atomic E-state index is 11.6. The van der Waals surface area contributed by atoms with Crippen molar-refractivity contribution in [3.8, 4) is 0 Å². The van der Waals surface area contributed by atoms with Gasteiger partial charge < -0.3 is 9.88 Å². The molecule has 0 bridgehead atoms. The fraction of sp³-hybridized carbons (Fsp3) is 0.467. The first-order valence-corrected chi connectivity index (χ1v) is 6.76. The smallest absolute Gasteiger partial charge is 0.220 e. The number of nitrogens with one attached hydrogen (secondary N) is 1. The number of amides is 1. The van der Waals surface area contributed by atoms with E-state index in [2.05, 4.69) is 20.9 Å². The molecular weight excluding hydrogens is 238 g/mol. The van der Waals surface area contributed by atoms with Crippen LogP contribution in [0, 0.1) is 12.8 Å². The summed E-state index contributed by atoms with van der Waals surface area (Å²) in [5.74, 6) is 1.51. The average molecular weight is 259 g/mol. The monoisotopic (exact) mass is 259 g/mol. The van der Waals surface area contributed by atoms with E-state index in [1.54, 1.807) is 0 Å². The summed E-state index contributed by atoms with van der Waals surface area (Å²) < 4.78 is 2.14. The maximum absolute atomic E-state index is 11.6. The van der Waals surface area contributed by atoms with Gasteiger partial charge in [-0.25, -0.2) is 4.98 Å². The Balaban J connectivity index is 1.98. The predicted octanol–water partition coefficient (Wildman–Crippen LogP) is 2.51. The zero-order valence-electron chi connectivity index (χ0n) is 11.8. The highest BCUT2D eigenvalue weighted by molar-refractivity contribution is 5.76. The molecule has 2 aromatic rings. The summed E-state index contributed by atoms with van der Waals surface area (Å²) in [7, 11) is 0. The van der Waals surface area contributed by atoms with Crippen LogP contribution in [0.1, 0.15) is 26.1 Å². The Morgan fingerprint density at radius 1 is 1.37 bits per heavy atom. The van der Waals surface area contributed by atoms with Crippen molar-refractivity contribution < 1.29 is 4.79 Å². The molecule has 0 radical (unpaired) electrons. The normalized spacial score (nSPS) is 11.2. The van der Waals surface area contributed by atoms with Gasteiger partial charge in [0.2, 0.25) is 5.91 Å². The number of carbonyl (C=O) groups excluding carboxylic acids is 1. The van der Waals surface area contributed by atoms with Crippen LogP contribution in [-0.2, 0) is 11.3 Å². The van der Waals surface area contributed by atoms with Crippen LogP contribution in [0.4, 0.5) is 0 Å². The van der Waals surface area contributed by atoms with Crippen LogP contribution in [0.25, 0.3) is 11.0 Å². The molecular formula is C15H21N3O. The quantitative estimate of drug-likeness (QED) is 0.896. The minimum absolute atomic E-state index is 0.122. The lowest BCUT2D eigenvalue weighted by molar-refractivity contribution is -0.121. The van der Waals surface area contributed by atoms with Crippen LogP contribution in [0.3, 0.4) is 0 Å². The zero-order valence-corrected chi connectivity index (χ0v) is 11.8. The van der Waals surface area contributed by atoms with E-state index in [-0.39, 0.29) is 5.91 Å². The highest BCUT2D eigenvalue weighted by Gasteiger charge is 2.07. The van der Waals surface area contributed by atoms with E-state index in [1.807, 2.05) is 39.0 Å². The number of para-hydroxylation sites is 2. The number of hydrogen-bond donors (Lipinski definition) is 1. The molecule has 1 heterocycles. The lowest BCUT2D eigenvalue weighted by atomic mass is 10.1. The molecule has 1 aromatic carbocycles. The standard InChI is InChI=1S/C15H21N3O/c1-11(2)10-15(19)16-8-9-18-12(3)17-13-6-4-5-7-14(13)18/h4-7,11H,8-10H2,1-3H3,(H,16,19). The van der Waals surface area contributed by atoms with Gasteiger partial charge >= 0.3 is 0 Å². The molecule has 0 unspecified atom stereocenters. The summed E-state index contributed by atoms with van der Waals surface area (Å²) in [5.41, 5.74) is 2.13. The summed E-state index contributed by atoms with van der Waals surface area (Å²) in [6.45, 7) is 7.50. The minimum atomic E-state index is 0.122. The summed E-state index contributed by atoms with van der Waals surface area (Å²) in [6.07, 6.45) is 0.587. The predicted molar refractivity (Wildman–Crippen MR) is 76.9 cm³/mol. The number of carbonyl (C=O) groups is 1. The van der Waals surface area contributed by atoms with E-state index >= 15 is 0 Å². The van der Waals surface area contributed by atoms with Crippen LogP contribution in [0.2, 0.25) is 0 Å². The molecule has 0 spiro atoms. The van der Waals surface area contributed by atoms with Gasteiger partial charge in [0, 0.05) is 19.5 Å². The number of benzene rings is 1. The molecule has 0 fully saturated rings. The van der Waals surface area contributed by atoms with Gasteiger partial charge in [0.15, 0.2) is 0 Å². The fourth-order valence-electron chi connectivity index (χ4n) is 2.23. The molecule has 2 rings (SSSR count). The van der Waals surface area contributed by atoms with Crippen molar-refractivity contribution in [2.24, 2.45) is 5.92 Å². The summed E-state index contributed by atoms with van der Waals surface area (Å²) in [5, 5.41) is 2.96. The highest BCUT2D eigenvalue weighted by Crippen LogP contribution is 2.14. The summed E-state index contributed by atoms with van der Waals surface area (Å²) in [4.78, 5) is 16.1. The van der Waals surface area contributed by atoms with Gasteiger partial charge in [-0.2, -0.15) is 0 Å². The Hall–Kier alpha value is -1.84. The molecule has 102 valence electrons. The van der Waals surface area contributed by atoms with Crippen molar-refractivity contribution in [2.75, 3.05) is 6.54 Å². The lowest BCUT2D eigenvalue weighted by Gasteiger charge is -2.09. The number of hydrogen-bond acceptors (Lipinski definition) is 2. The summed E-state index contributed by atoms with van der Waals surface area (Å²) in [6, 6.07) is 8.07. The van der Waals surface area contributed by atoms with Crippen LogP contribution in [0.15, 0.2) is 24.3 Å². The third-order valence-corrected chi connectivity index (χ3v) is 3.10. The Bertz CT molecular complexity index is 572. The Morgan fingerprint density at radius 3 is 2.84 bits per heavy atom. The van der Waals surface area contributed by atoms with Gasteiger partial charge in [-0.3, -0.25) is 4.79 Å². The van der Waals surface area contributed by atoms with E-state index in [9.17, 15) is 4.79 Å². The average Bonchev–Trinajstić information content (AvgIpc) is 2.65. The third-order valence-electron chi connectivity index (χ3n) is 3.10. The molecule has 0 aliphatic carbocycles. The first-order valence-electron chi connectivity index (χ1n) is 6.76. The minimum Gasteiger partial charge on any atom is -0.354 e. The van der Waals surface area contributed by atoms with Gasteiger partial charge in [-0.1, -0.05) is 26.0 Å². The molecule has 4 heteroatoms. The second kappa shape index (κ2) is 5.87. The van der Waals surface area contributed by atoms with Crippen molar-refractivity contribution in [3.05, 3.63) is 30.1 Å².